The number of ether oxygens (including phenoxy) is 23. The molecule has 0 heterocycles. The Kier molecular flexibility index (Phi) is 50.2. The second-order valence-corrected chi connectivity index (χ2v) is 27.1. The van der Waals surface area contributed by atoms with Crippen molar-refractivity contribution in [2.45, 2.75) is 0 Å². The van der Waals surface area contributed by atoms with Crippen molar-refractivity contribution in [1.29, 1.82) is 0 Å². The van der Waals surface area contributed by atoms with Gasteiger partial charge in [0.15, 0.2) is 0 Å². The number of esters is 4. The maximum absolute atomic E-state index is 15.2. The van der Waals surface area contributed by atoms with Crippen molar-refractivity contribution >= 4 is 99.1 Å². The second kappa shape index (κ2) is 62.2. The van der Waals surface area contributed by atoms with Crippen LogP contribution < -0.4 is 51.8 Å². The molecule has 0 spiro atoms. The summed E-state index contributed by atoms with van der Waals surface area (Å²) in [6.07, 6.45) is 0. The number of benzene rings is 7. The highest BCUT2D eigenvalue weighted by molar-refractivity contribution is 6.19. The van der Waals surface area contributed by atoms with Gasteiger partial charge in [-0.05, 0) is 84.9 Å². The van der Waals surface area contributed by atoms with E-state index in [4.69, 9.17) is 115 Å². The number of para-hydroxylation sites is 4. The number of hydrogen-bond acceptors (Lipinski definition) is 34. The Hall–Kier alpha value is -12.2. The number of methoxy groups -OCH3 is 7. The van der Waals surface area contributed by atoms with Gasteiger partial charge in [0.2, 0.25) is 0 Å². The van der Waals surface area contributed by atoms with E-state index in [1.54, 1.807) is 28.4 Å². The van der Waals surface area contributed by atoms with Gasteiger partial charge in [-0.2, -0.15) is 0 Å². The van der Waals surface area contributed by atoms with E-state index in [9.17, 15) is 38.4 Å². The Morgan fingerprint density at radius 3 is 0.573 bits per heavy atom. The van der Waals surface area contributed by atoms with Crippen LogP contribution in [0.1, 0.15) is 104 Å². The minimum atomic E-state index is -1.07. The largest absolute Gasteiger partial charge is 0.495 e. The highest BCUT2D eigenvalue weighted by Crippen LogP contribution is 2.36. The van der Waals surface area contributed by atoms with Crippen LogP contribution >= 0.6 is 0 Å². The number of hydrogen-bond donors (Lipinski definition) is 7. The van der Waals surface area contributed by atoms with Gasteiger partial charge < -0.3 is 147 Å². The second-order valence-electron chi connectivity index (χ2n) is 27.1. The molecule has 7 aromatic carbocycles. The molecule has 0 bridgehead atoms. The topological polar surface area (TPSA) is 481 Å². The van der Waals surface area contributed by atoms with Crippen LogP contribution in [0.4, 0.5) is 39.8 Å². The summed E-state index contributed by atoms with van der Waals surface area (Å²) in [5.74, 6) is -10.8. The molecule has 7 aromatic rings. The number of nitrogens with two attached hydrogens (primary N) is 1. The average molecular weight is 1830 g/mol. The summed E-state index contributed by atoms with van der Waals surface area (Å²) in [6.45, 7) is 7.01. The molecule has 0 saturated carbocycles. The molecule has 40 nitrogen and oxygen atoms in total. The summed E-state index contributed by atoms with van der Waals surface area (Å²) in [6, 6.07) is 30.3. The summed E-state index contributed by atoms with van der Waals surface area (Å²) in [4.78, 5) is 145. The molecule has 712 valence electrons. The molecule has 7 rings (SSSR count). The molecular weight excluding hydrogens is 1720 g/mol. The van der Waals surface area contributed by atoms with E-state index < -0.39 is 98.5 Å². The molecule has 0 saturated heterocycles. The lowest BCUT2D eigenvalue weighted by Crippen LogP contribution is -2.23. The SMILES string of the molecule is COCCOCCOCCOCCOC(=O)c1ccccc1NC(=O)c1cc(NC(=O)c2cc(N)cc(C(=O)Nc3cc(C(=O)Nc4ccccc4C(=O)OCCOCCOCCOCCOC)c(OC)c(C(=O)Nc4ccccc4C(=O)OCCOCCOCCOCCOC)c3)c2OC)cc(C(=O)Nc2ccccc2C(=O)OCCOCCOCCOCCOC)c1OC. The fraction of sp³-hybridized carbons (Fsp3) is 0.429. The van der Waals surface area contributed by atoms with Gasteiger partial charge in [0, 0.05) is 45.5 Å². The number of rotatable bonds is 67. The third kappa shape index (κ3) is 37.3. The van der Waals surface area contributed by atoms with Crippen LogP contribution in [0.5, 0.6) is 17.2 Å². The molecule has 40 heteroatoms. The molecule has 0 aliphatic heterocycles. The summed E-state index contributed by atoms with van der Waals surface area (Å²) >= 11 is 0. The van der Waals surface area contributed by atoms with Crippen LogP contribution in [0.25, 0.3) is 0 Å². The van der Waals surface area contributed by atoms with E-state index in [-0.39, 0.29) is 179 Å². The Morgan fingerprint density at radius 2 is 0.382 bits per heavy atom. The van der Waals surface area contributed by atoms with Gasteiger partial charge in [-0.15, -0.1) is 0 Å². The first-order chi connectivity index (χ1) is 63.9. The Morgan fingerprint density at radius 1 is 0.214 bits per heavy atom. The van der Waals surface area contributed by atoms with Crippen molar-refractivity contribution in [3.05, 3.63) is 189 Å². The molecule has 0 aliphatic rings. The molecule has 0 aromatic heterocycles. The predicted molar refractivity (Wildman–Crippen MR) is 475 cm³/mol. The summed E-state index contributed by atoms with van der Waals surface area (Å²) in [7, 11) is 9.73. The number of carbonyl (C=O) groups is 10. The number of nitrogens with one attached hydrogen (secondary N) is 6. The van der Waals surface area contributed by atoms with Crippen LogP contribution in [0.15, 0.2) is 133 Å². The van der Waals surface area contributed by atoms with Crippen molar-refractivity contribution in [3.63, 3.8) is 0 Å². The molecule has 6 amide bonds. The third-order valence-electron chi connectivity index (χ3n) is 18.0. The predicted octanol–water partition coefficient (Wildman–Crippen LogP) is 8.22. The smallest absolute Gasteiger partial charge is 0.340 e. The number of amides is 6. The quantitative estimate of drug-likeness (QED) is 0.00816. The molecule has 0 radical (unpaired) electrons. The van der Waals surface area contributed by atoms with Crippen LogP contribution in [0.3, 0.4) is 0 Å². The van der Waals surface area contributed by atoms with Crippen molar-refractivity contribution in [2.24, 2.45) is 0 Å². The Bertz CT molecular complexity index is 4220. The van der Waals surface area contributed by atoms with E-state index in [2.05, 4.69) is 31.9 Å². The number of carbonyl (C=O) groups excluding carboxylic acids is 10. The first kappa shape index (κ1) is 106. The van der Waals surface area contributed by atoms with E-state index in [1.165, 1.54) is 97.1 Å². The van der Waals surface area contributed by atoms with E-state index in [0.717, 1.165) is 57.7 Å². The van der Waals surface area contributed by atoms with Crippen molar-refractivity contribution in [2.75, 3.05) is 299 Å². The first-order valence-electron chi connectivity index (χ1n) is 41.6. The zero-order valence-corrected chi connectivity index (χ0v) is 74.4. The van der Waals surface area contributed by atoms with E-state index in [0.29, 0.717) is 106 Å². The fourth-order valence-electron chi connectivity index (χ4n) is 11.8. The van der Waals surface area contributed by atoms with Gasteiger partial charge in [0.05, 0.1) is 285 Å². The van der Waals surface area contributed by atoms with Crippen LogP contribution in [0, 0.1) is 0 Å². The number of anilines is 7. The van der Waals surface area contributed by atoms with Crippen LogP contribution in [0.2, 0.25) is 0 Å². The lowest BCUT2D eigenvalue weighted by atomic mass is 10.0. The highest BCUT2D eigenvalue weighted by atomic mass is 16.6. The first-order valence-corrected chi connectivity index (χ1v) is 41.6. The average Bonchev–Trinajstić information content (AvgIpc) is 0.775. The van der Waals surface area contributed by atoms with Crippen molar-refractivity contribution < 1.29 is 157 Å². The maximum atomic E-state index is 15.2. The van der Waals surface area contributed by atoms with E-state index >= 15 is 9.59 Å². The monoisotopic (exact) mass is 1830 g/mol. The molecular formula is C91H115N7O33. The standard InChI is InChI=1S/C91H115N7O33/c1-109-24-28-116-32-36-120-40-44-124-48-52-128-88(105)65-16-8-12-20-75(65)95-84(101)71-58-63(59-72(80(71)114-6)85(102)96-76-21-13-9-17-66(76)89(106)129-53-49-125-45-41-121-37-33-117-29-25-110-2)93-82(99)69-56-62(92)57-70(79(69)113-5)83(100)94-64-60-73(86(103)97-77-22-14-10-18-67(77)90(107)130-54-50-126-46-42-122-38-34-118-30-26-111-3)81(115-7)74(61-64)87(104)98-78-23-15-11-19-68(78)91(108)131-55-51-127-47-43-123-39-35-119-31-27-112-4/h8-23,56-61H,24-55,92H2,1-7H3,(H,93,99)(H,94,100)(H,95,101)(H,96,102)(H,97,103)(H,98,104). The molecule has 0 unspecified atom stereocenters. The Balaban J connectivity index is 1.18. The van der Waals surface area contributed by atoms with Gasteiger partial charge in [-0.1, -0.05) is 48.5 Å². The lowest BCUT2D eigenvalue weighted by Gasteiger charge is -2.19. The summed E-state index contributed by atoms with van der Waals surface area (Å²) in [5.41, 5.74) is 2.60. The Labute approximate surface area is 758 Å². The molecule has 0 fully saturated rings. The summed E-state index contributed by atoms with van der Waals surface area (Å²) in [5, 5.41) is 16.1. The fourth-order valence-corrected chi connectivity index (χ4v) is 11.8. The maximum Gasteiger partial charge on any atom is 0.340 e. The molecule has 131 heavy (non-hydrogen) atoms. The van der Waals surface area contributed by atoms with Crippen LogP contribution in [-0.2, 0) is 94.7 Å². The van der Waals surface area contributed by atoms with Crippen LogP contribution in [-0.4, -0.2) is 321 Å². The van der Waals surface area contributed by atoms with Crippen molar-refractivity contribution in [1.82, 2.24) is 0 Å². The van der Waals surface area contributed by atoms with Gasteiger partial charge >= 0.3 is 23.9 Å². The number of nitrogen functional groups attached to an aromatic ring is 1. The molecule has 8 N–H and O–H groups in total. The van der Waals surface area contributed by atoms with Gasteiger partial charge in [0.1, 0.15) is 43.7 Å². The molecule has 0 aliphatic carbocycles. The third-order valence-corrected chi connectivity index (χ3v) is 18.0. The minimum absolute atomic E-state index is 0.0117. The molecule has 0 atom stereocenters. The lowest BCUT2D eigenvalue weighted by molar-refractivity contribution is -0.00557. The van der Waals surface area contributed by atoms with Gasteiger partial charge in [-0.25, -0.2) is 19.2 Å². The minimum Gasteiger partial charge on any atom is -0.495 e. The van der Waals surface area contributed by atoms with Gasteiger partial charge in [0.25, 0.3) is 35.4 Å². The highest BCUT2D eigenvalue weighted by Gasteiger charge is 2.31. The summed E-state index contributed by atoms with van der Waals surface area (Å²) < 4.78 is 125. The van der Waals surface area contributed by atoms with Gasteiger partial charge in [-0.3, -0.25) is 28.8 Å². The normalized spacial score (nSPS) is 11.0. The zero-order valence-electron chi connectivity index (χ0n) is 74.4. The van der Waals surface area contributed by atoms with Crippen molar-refractivity contribution in [3.8, 4) is 17.2 Å². The van der Waals surface area contributed by atoms with E-state index in [1.807, 2.05) is 0 Å². The zero-order chi connectivity index (χ0) is 94.0.